The minimum Gasteiger partial charge on any atom is -0.353 e. The Kier molecular flexibility index (Phi) is 5.48. The molecule has 3 rings (SSSR count). The van der Waals surface area contributed by atoms with Crippen LogP contribution in [0.5, 0.6) is 0 Å². The maximum Gasteiger partial charge on any atom is 0.255 e. The molecule has 1 aromatic heterocycles. The van der Waals surface area contributed by atoms with Gasteiger partial charge in [0.05, 0.1) is 23.1 Å². The highest BCUT2D eigenvalue weighted by Gasteiger charge is 2.21. The van der Waals surface area contributed by atoms with Crippen LogP contribution in [0.2, 0.25) is 0 Å². The highest BCUT2D eigenvalue weighted by atomic mass is 79.9. The number of carbonyl (C=O) groups is 1. The first-order valence-electron chi connectivity index (χ1n) is 8.15. The number of hydrogen-bond acceptors (Lipinski definition) is 4. The van der Waals surface area contributed by atoms with Crippen molar-refractivity contribution in [3.8, 4) is 0 Å². The van der Waals surface area contributed by atoms with E-state index in [4.69, 9.17) is 0 Å². The number of benzene rings is 1. The van der Waals surface area contributed by atoms with Gasteiger partial charge in [0.2, 0.25) is 0 Å². The average Bonchev–Trinajstić information content (AvgIpc) is 2.63. The van der Waals surface area contributed by atoms with Gasteiger partial charge >= 0.3 is 0 Å². The fraction of sp³-hybridized carbons (Fsp3) is 0.333. The third-order valence-electron chi connectivity index (χ3n) is 4.24. The first-order valence-corrected chi connectivity index (χ1v) is 8.95. The Bertz CT molecular complexity index is 714. The number of pyridine rings is 1. The van der Waals surface area contributed by atoms with Gasteiger partial charge in [-0.05, 0) is 40.7 Å². The summed E-state index contributed by atoms with van der Waals surface area (Å²) in [5.41, 5.74) is 2.37. The first kappa shape index (κ1) is 16.9. The maximum absolute atomic E-state index is 12.7. The van der Waals surface area contributed by atoms with Crippen molar-refractivity contribution in [2.75, 3.05) is 38.0 Å². The fourth-order valence-electron chi connectivity index (χ4n) is 2.79. The molecule has 1 aromatic carbocycles. The summed E-state index contributed by atoms with van der Waals surface area (Å²) in [6.45, 7) is 6.60. The molecule has 1 aliphatic heterocycles. The molecule has 6 heteroatoms. The van der Waals surface area contributed by atoms with Crippen LogP contribution in [-0.4, -0.2) is 53.4 Å². The second kappa shape index (κ2) is 7.77. The molecule has 0 radical (unpaired) electrons. The van der Waals surface area contributed by atoms with E-state index in [0.717, 1.165) is 48.6 Å². The van der Waals surface area contributed by atoms with Crippen molar-refractivity contribution in [3.05, 3.63) is 52.8 Å². The molecule has 0 bridgehead atoms. The number of likely N-dealkylation sites (N-methyl/N-ethyl adjacent to an activating group) is 1. The molecule has 1 fully saturated rings. The standard InChI is InChI=1S/C18H21BrN4O/c1-2-22-7-9-23(10-8-22)18(24)14-11-15(13-20-12-14)21-17-6-4-3-5-16(17)19/h3-6,11-13,21H,2,7-10H2,1H3. The summed E-state index contributed by atoms with van der Waals surface area (Å²) in [5, 5.41) is 3.30. The molecule has 1 saturated heterocycles. The molecule has 1 N–H and O–H groups in total. The van der Waals surface area contributed by atoms with E-state index in [1.165, 1.54) is 0 Å². The van der Waals surface area contributed by atoms with Crippen molar-refractivity contribution in [1.29, 1.82) is 0 Å². The number of nitrogens with zero attached hydrogens (tertiary/aromatic N) is 3. The fourth-order valence-corrected chi connectivity index (χ4v) is 3.18. The number of aromatic nitrogens is 1. The number of nitrogens with one attached hydrogen (secondary N) is 1. The van der Waals surface area contributed by atoms with Gasteiger partial charge in [0.15, 0.2) is 0 Å². The van der Waals surface area contributed by atoms with Gasteiger partial charge in [0, 0.05) is 36.8 Å². The summed E-state index contributed by atoms with van der Waals surface area (Å²) < 4.78 is 0.970. The minimum atomic E-state index is 0.0500. The first-order chi connectivity index (χ1) is 11.7. The zero-order valence-electron chi connectivity index (χ0n) is 13.7. The van der Waals surface area contributed by atoms with Gasteiger partial charge < -0.3 is 15.1 Å². The predicted molar refractivity (Wildman–Crippen MR) is 99.7 cm³/mol. The molecule has 2 heterocycles. The largest absolute Gasteiger partial charge is 0.353 e. The van der Waals surface area contributed by atoms with E-state index < -0.39 is 0 Å². The summed E-state index contributed by atoms with van der Waals surface area (Å²) >= 11 is 3.51. The number of halogens is 1. The second-order valence-corrected chi connectivity index (χ2v) is 6.65. The zero-order chi connectivity index (χ0) is 16.9. The Hall–Kier alpha value is -1.92. The Morgan fingerprint density at radius 2 is 1.96 bits per heavy atom. The number of amides is 1. The molecule has 0 spiro atoms. The van der Waals surface area contributed by atoms with Crippen LogP contribution in [0.15, 0.2) is 47.2 Å². The average molecular weight is 389 g/mol. The Balaban J connectivity index is 1.71. The smallest absolute Gasteiger partial charge is 0.255 e. The molecule has 24 heavy (non-hydrogen) atoms. The van der Waals surface area contributed by atoms with Gasteiger partial charge in [-0.2, -0.15) is 0 Å². The van der Waals surface area contributed by atoms with Crippen LogP contribution in [-0.2, 0) is 0 Å². The molecule has 0 unspecified atom stereocenters. The van der Waals surface area contributed by atoms with Crippen molar-refractivity contribution in [3.63, 3.8) is 0 Å². The lowest BCUT2D eigenvalue weighted by Gasteiger charge is -2.34. The van der Waals surface area contributed by atoms with Gasteiger partial charge in [0.25, 0.3) is 5.91 Å². The Morgan fingerprint density at radius 1 is 1.21 bits per heavy atom. The number of carbonyl (C=O) groups excluding carboxylic acids is 1. The van der Waals surface area contributed by atoms with Crippen molar-refractivity contribution in [1.82, 2.24) is 14.8 Å². The van der Waals surface area contributed by atoms with Crippen LogP contribution in [0, 0.1) is 0 Å². The number of hydrogen-bond donors (Lipinski definition) is 1. The summed E-state index contributed by atoms with van der Waals surface area (Å²) in [7, 11) is 0. The topological polar surface area (TPSA) is 48.5 Å². The predicted octanol–water partition coefficient (Wildman–Crippen LogP) is 3.37. The molecule has 2 aromatic rings. The molecule has 0 atom stereocenters. The van der Waals surface area contributed by atoms with Crippen LogP contribution < -0.4 is 5.32 Å². The lowest BCUT2D eigenvalue weighted by atomic mass is 10.2. The van der Waals surface area contributed by atoms with Crippen LogP contribution in [0.4, 0.5) is 11.4 Å². The van der Waals surface area contributed by atoms with Crippen molar-refractivity contribution in [2.24, 2.45) is 0 Å². The molecule has 126 valence electrons. The van der Waals surface area contributed by atoms with E-state index in [1.54, 1.807) is 12.4 Å². The molecule has 1 amide bonds. The lowest BCUT2D eigenvalue weighted by molar-refractivity contribution is 0.0643. The van der Waals surface area contributed by atoms with Gasteiger partial charge in [-0.25, -0.2) is 0 Å². The summed E-state index contributed by atoms with van der Waals surface area (Å²) in [6.07, 6.45) is 3.37. The van der Waals surface area contributed by atoms with Gasteiger partial charge in [-0.1, -0.05) is 19.1 Å². The zero-order valence-corrected chi connectivity index (χ0v) is 15.3. The number of rotatable bonds is 4. The lowest BCUT2D eigenvalue weighted by Crippen LogP contribution is -2.48. The summed E-state index contributed by atoms with van der Waals surface area (Å²) in [5.74, 6) is 0.0500. The van der Waals surface area contributed by atoms with Crippen molar-refractivity contribution in [2.45, 2.75) is 6.92 Å². The monoisotopic (exact) mass is 388 g/mol. The van der Waals surface area contributed by atoms with Gasteiger partial charge in [-0.15, -0.1) is 0 Å². The molecule has 1 aliphatic rings. The van der Waals surface area contributed by atoms with E-state index in [1.807, 2.05) is 35.2 Å². The normalized spacial score (nSPS) is 15.3. The third kappa shape index (κ3) is 3.94. The summed E-state index contributed by atoms with van der Waals surface area (Å²) in [4.78, 5) is 21.2. The number of anilines is 2. The van der Waals surface area contributed by atoms with Crippen molar-refractivity contribution < 1.29 is 4.79 Å². The van der Waals surface area contributed by atoms with Gasteiger partial charge in [0.1, 0.15) is 0 Å². The van der Waals surface area contributed by atoms with Crippen LogP contribution in [0.1, 0.15) is 17.3 Å². The molecule has 5 nitrogen and oxygen atoms in total. The maximum atomic E-state index is 12.7. The van der Waals surface area contributed by atoms with Gasteiger partial charge in [-0.3, -0.25) is 9.78 Å². The highest BCUT2D eigenvalue weighted by molar-refractivity contribution is 9.10. The van der Waals surface area contributed by atoms with E-state index in [-0.39, 0.29) is 5.91 Å². The highest BCUT2D eigenvalue weighted by Crippen LogP contribution is 2.25. The van der Waals surface area contributed by atoms with Crippen LogP contribution in [0.3, 0.4) is 0 Å². The molecular formula is C18H21BrN4O. The van der Waals surface area contributed by atoms with E-state index in [2.05, 4.69) is 38.1 Å². The SMILES string of the molecule is CCN1CCN(C(=O)c2cncc(Nc3ccccc3Br)c2)CC1. The minimum absolute atomic E-state index is 0.0500. The van der Waals surface area contributed by atoms with E-state index in [0.29, 0.717) is 5.56 Å². The van der Waals surface area contributed by atoms with E-state index >= 15 is 0 Å². The Morgan fingerprint density at radius 3 is 2.67 bits per heavy atom. The number of para-hydroxylation sites is 1. The van der Waals surface area contributed by atoms with Crippen molar-refractivity contribution >= 4 is 33.2 Å². The second-order valence-electron chi connectivity index (χ2n) is 5.79. The summed E-state index contributed by atoms with van der Waals surface area (Å²) in [6, 6.07) is 9.73. The quantitative estimate of drug-likeness (QED) is 0.871. The molecular weight excluding hydrogens is 368 g/mol. The van der Waals surface area contributed by atoms with E-state index in [9.17, 15) is 4.79 Å². The third-order valence-corrected chi connectivity index (χ3v) is 4.94. The Labute approximate surface area is 150 Å². The van der Waals surface area contributed by atoms with Crippen LogP contribution in [0.25, 0.3) is 0 Å². The van der Waals surface area contributed by atoms with Crippen LogP contribution >= 0.6 is 15.9 Å². The molecule has 0 saturated carbocycles. The number of piperazine rings is 1. The molecule has 0 aliphatic carbocycles.